The monoisotopic (exact) mass is 340 g/mol. The summed E-state index contributed by atoms with van der Waals surface area (Å²) >= 11 is 0. The van der Waals surface area contributed by atoms with E-state index in [2.05, 4.69) is 0 Å². The molecule has 0 heterocycles. The molecule has 0 atom stereocenters. The summed E-state index contributed by atoms with van der Waals surface area (Å²) in [6.45, 7) is 1.12. The molecule has 25 heavy (non-hydrogen) atoms. The number of hydrogen-bond donors (Lipinski definition) is 3. The number of hydrogen-bond acceptors (Lipinski definition) is 6. The number of aromatic hydroxyl groups is 2. The Balaban J connectivity index is 2.37. The number of carbonyl (C=O) groups is 4. The molecule has 0 spiro atoms. The molecule has 3 rings (SSSR count). The molecule has 2 aromatic rings. The molecule has 0 aliphatic heterocycles. The predicted molar refractivity (Wildman–Crippen MR) is 84.4 cm³/mol. The molecule has 0 radical (unpaired) electrons. The van der Waals surface area contributed by atoms with E-state index in [1.807, 2.05) is 0 Å². The number of carboxylic acids is 1. The van der Waals surface area contributed by atoms with Gasteiger partial charge in [-0.25, -0.2) is 0 Å². The van der Waals surface area contributed by atoms with Crippen LogP contribution in [0.15, 0.2) is 24.3 Å². The van der Waals surface area contributed by atoms with Gasteiger partial charge in [0.2, 0.25) is 5.78 Å². The Bertz CT molecular complexity index is 985. The SMILES string of the molecule is CC(=O)c1c(CC(=O)O)cc2c(c1O)C(=O)c1c(O)cccc1C2=O. The van der Waals surface area contributed by atoms with Crippen molar-refractivity contribution in [1.82, 2.24) is 0 Å². The number of phenols is 2. The Morgan fingerprint density at radius 3 is 2.28 bits per heavy atom. The molecule has 1 aliphatic rings. The van der Waals surface area contributed by atoms with Crippen molar-refractivity contribution in [2.75, 3.05) is 0 Å². The highest BCUT2D eigenvalue weighted by atomic mass is 16.4. The highest BCUT2D eigenvalue weighted by Crippen LogP contribution is 2.39. The second-order valence-electron chi connectivity index (χ2n) is 5.67. The lowest BCUT2D eigenvalue weighted by atomic mass is 9.80. The number of carbonyl (C=O) groups excluding carboxylic acids is 3. The molecule has 3 N–H and O–H groups in total. The lowest BCUT2D eigenvalue weighted by molar-refractivity contribution is -0.136. The number of fused-ring (bicyclic) bond motifs is 2. The van der Waals surface area contributed by atoms with Crippen LogP contribution in [0.5, 0.6) is 11.5 Å². The Hall–Kier alpha value is -3.48. The van der Waals surface area contributed by atoms with Crippen molar-refractivity contribution in [3.8, 4) is 11.5 Å². The summed E-state index contributed by atoms with van der Waals surface area (Å²) in [7, 11) is 0. The smallest absolute Gasteiger partial charge is 0.307 e. The lowest BCUT2D eigenvalue weighted by Crippen LogP contribution is -2.23. The van der Waals surface area contributed by atoms with E-state index < -0.39 is 46.8 Å². The van der Waals surface area contributed by atoms with Crippen molar-refractivity contribution in [1.29, 1.82) is 0 Å². The number of ketones is 3. The van der Waals surface area contributed by atoms with Gasteiger partial charge in [0.05, 0.1) is 23.1 Å². The van der Waals surface area contributed by atoms with Crippen molar-refractivity contribution < 1.29 is 34.5 Å². The van der Waals surface area contributed by atoms with Gasteiger partial charge in [0, 0.05) is 11.1 Å². The first-order valence-electron chi connectivity index (χ1n) is 7.27. The summed E-state index contributed by atoms with van der Waals surface area (Å²) in [5, 5.41) is 29.4. The van der Waals surface area contributed by atoms with E-state index in [-0.39, 0.29) is 27.8 Å². The van der Waals surface area contributed by atoms with Crippen LogP contribution < -0.4 is 0 Å². The van der Waals surface area contributed by atoms with Crippen LogP contribution in [0.1, 0.15) is 54.7 Å². The maximum absolute atomic E-state index is 12.7. The second kappa shape index (κ2) is 5.55. The van der Waals surface area contributed by atoms with Crippen LogP contribution in [0.4, 0.5) is 0 Å². The highest BCUT2D eigenvalue weighted by molar-refractivity contribution is 6.31. The fourth-order valence-electron chi connectivity index (χ4n) is 3.07. The first-order chi connectivity index (χ1) is 11.7. The van der Waals surface area contributed by atoms with Crippen LogP contribution in [0.3, 0.4) is 0 Å². The Morgan fingerprint density at radius 1 is 1.00 bits per heavy atom. The molecule has 7 nitrogen and oxygen atoms in total. The summed E-state index contributed by atoms with van der Waals surface area (Å²) < 4.78 is 0. The first-order valence-corrected chi connectivity index (χ1v) is 7.27. The van der Waals surface area contributed by atoms with Crippen molar-refractivity contribution in [3.63, 3.8) is 0 Å². The summed E-state index contributed by atoms with van der Waals surface area (Å²) in [6, 6.07) is 5.13. The number of phenolic OH excluding ortho intramolecular Hbond substituents is 2. The third kappa shape index (κ3) is 2.37. The molecule has 126 valence electrons. The van der Waals surface area contributed by atoms with Gasteiger partial charge in [-0.15, -0.1) is 0 Å². The van der Waals surface area contributed by atoms with Crippen LogP contribution in [0, 0.1) is 0 Å². The quantitative estimate of drug-likeness (QED) is 0.619. The average molecular weight is 340 g/mol. The van der Waals surface area contributed by atoms with Crippen molar-refractivity contribution in [2.45, 2.75) is 13.3 Å². The van der Waals surface area contributed by atoms with Gasteiger partial charge in [-0.3, -0.25) is 19.2 Å². The van der Waals surface area contributed by atoms with E-state index in [1.54, 1.807) is 0 Å². The van der Waals surface area contributed by atoms with E-state index in [4.69, 9.17) is 5.11 Å². The van der Waals surface area contributed by atoms with Crippen molar-refractivity contribution in [3.05, 3.63) is 57.6 Å². The highest BCUT2D eigenvalue weighted by Gasteiger charge is 2.36. The normalized spacial score (nSPS) is 12.5. The van der Waals surface area contributed by atoms with Gasteiger partial charge in [-0.2, -0.15) is 0 Å². The molecule has 7 heteroatoms. The topological polar surface area (TPSA) is 129 Å². The Morgan fingerprint density at radius 2 is 1.68 bits per heavy atom. The minimum Gasteiger partial charge on any atom is -0.507 e. The molecular formula is C18H12O7. The minimum absolute atomic E-state index is 0.0475. The van der Waals surface area contributed by atoms with E-state index in [1.165, 1.54) is 18.2 Å². The number of rotatable bonds is 3. The third-order valence-corrected chi connectivity index (χ3v) is 4.06. The summed E-state index contributed by atoms with van der Waals surface area (Å²) in [5.41, 5.74) is -1.27. The standard InChI is InChI=1S/C18H12O7/c1-7(19)13-8(6-12(21)22)5-10-15(17(13)24)18(25)14-9(16(10)23)3-2-4-11(14)20/h2-5,20,24H,6H2,1H3,(H,21,22). The van der Waals surface area contributed by atoms with Gasteiger partial charge in [0.1, 0.15) is 11.5 Å². The van der Waals surface area contributed by atoms with Crippen LogP contribution in [-0.2, 0) is 11.2 Å². The third-order valence-electron chi connectivity index (χ3n) is 4.06. The van der Waals surface area contributed by atoms with Gasteiger partial charge in [-0.05, 0) is 24.6 Å². The number of carboxylic acid groups (broad SMARTS) is 1. The molecular weight excluding hydrogens is 328 g/mol. The lowest BCUT2D eigenvalue weighted by Gasteiger charge is -2.21. The van der Waals surface area contributed by atoms with Crippen molar-refractivity contribution in [2.24, 2.45) is 0 Å². The molecule has 1 aliphatic carbocycles. The minimum atomic E-state index is -1.26. The fourth-order valence-corrected chi connectivity index (χ4v) is 3.07. The zero-order chi connectivity index (χ0) is 18.5. The van der Waals surface area contributed by atoms with Gasteiger partial charge in [0.15, 0.2) is 11.6 Å². The van der Waals surface area contributed by atoms with Gasteiger partial charge in [0.25, 0.3) is 0 Å². The fraction of sp³-hybridized carbons (Fsp3) is 0.111. The Kier molecular flexibility index (Phi) is 3.64. The first kappa shape index (κ1) is 16.4. The number of benzene rings is 2. The van der Waals surface area contributed by atoms with Crippen molar-refractivity contribution >= 4 is 23.3 Å². The molecule has 0 aromatic heterocycles. The summed E-state index contributed by atoms with van der Waals surface area (Å²) in [4.78, 5) is 48.3. The van der Waals surface area contributed by atoms with E-state index in [0.29, 0.717) is 0 Å². The van der Waals surface area contributed by atoms with Gasteiger partial charge in [-0.1, -0.05) is 12.1 Å². The molecule has 0 bridgehead atoms. The zero-order valence-corrected chi connectivity index (χ0v) is 13.0. The molecule has 0 saturated heterocycles. The second-order valence-corrected chi connectivity index (χ2v) is 5.67. The maximum atomic E-state index is 12.7. The number of aliphatic carboxylic acids is 1. The summed E-state index contributed by atoms with van der Waals surface area (Å²) in [5.74, 6) is -4.50. The molecule has 0 fully saturated rings. The maximum Gasteiger partial charge on any atom is 0.307 e. The molecule has 2 aromatic carbocycles. The Labute approximate surface area is 141 Å². The van der Waals surface area contributed by atoms with Gasteiger partial charge < -0.3 is 15.3 Å². The number of Topliss-reactive ketones (excluding diaryl/α,β-unsaturated/α-hetero) is 1. The van der Waals surface area contributed by atoms with Gasteiger partial charge >= 0.3 is 5.97 Å². The molecule has 0 saturated carbocycles. The average Bonchev–Trinajstić information content (AvgIpc) is 2.51. The van der Waals surface area contributed by atoms with Crippen LogP contribution in [0.25, 0.3) is 0 Å². The van der Waals surface area contributed by atoms with E-state index in [9.17, 15) is 29.4 Å². The predicted octanol–water partition coefficient (Wildman–Crippen LogP) is 1.70. The summed E-state index contributed by atoms with van der Waals surface area (Å²) in [6.07, 6.45) is -0.593. The largest absolute Gasteiger partial charge is 0.507 e. The van der Waals surface area contributed by atoms with Crippen LogP contribution in [-0.4, -0.2) is 38.6 Å². The molecule has 0 unspecified atom stereocenters. The van der Waals surface area contributed by atoms with Crippen LogP contribution >= 0.6 is 0 Å². The van der Waals surface area contributed by atoms with Crippen LogP contribution in [0.2, 0.25) is 0 Å². The zero-order valence-electron chi connectivity index (χ0n) is 13.0. The van der Waals surface area contributed by atoms with E-state index in [0.717, 1.165) is 13.0 Å². The molecule has 0 amide bonds. The van der Waals surface area contributed by atoms with E-state index >= 15 is 0 Å².